The van der Waals surface area contributed by atoms with Gasteiger partial charge in [-0.25, -0.2) is 4.98 Å². The maximum Gasteiger partial charge on any atom is 0.119 e. The van der Waals surface area contributed by atoms with Gasteiger partial charge >= 0.3 is 0 Å². The number of rotatable bonds is 8. The highest BCUT2D eigenvalue weighted by atomic mass is 32.1. The Bertz CT molecular complexity index is 987. The van der Waals surface area contributed by atoms with Crippen LogP contribution in [0.5, 0.6) is 5.75 Å². The maximum atomic E-state index is 5.93. The Hall–Kier alpha value is -2.59. The molecule has 0 aliphatic carbocycles. The van der Waals surface area contributed by atoms with Gasteiger partial charge in [-0.05, 0) is 54.1 Å². The molecule has 3 nitrogen and oxygen atoms in total. The van der Waals surface area contributed by atoms with Gasteiger partial charge in [-0.2, -0.15) is 0 Å². The number of nitrogens with zero attached hydrogens (tertiary/aromatic N) is 2. The summed E-state index contributed by atoms with van der Waals surface area (Å²) in [5.41, 5.74) is 3.61. The van der Waals surface area contributed by atoms with Crippen LogP contribution >= 0.6 is 11.3 Å². The van der Waals surface area contributed by atoms with E-state index >= 15 is 0 Å². The Morgan fingerprint density at radius 3 is 2.63 bits per heavy atom. The van der Waals surface area contributed by atoms with E-state index in [1.54, 1.807) is 11.3 Å². The minimum atomic E-state index is 0.705. The fourth-order valence-electron chi connectivity index (χ4n) is 3.31. The van der Waals surface area contributed by atoms with Gasteiger partial charge in [0.15, 0.2) is 0 Å². The molecule has 4 aromatic rings. The summed E-state index contributed by atoms with van der Waals surface area (Å²) < 4.78 is 8.28. The van der Waals surface area contributed by atoms with Crippen molar-refractivity contribution < 1.29 is 4.74 Å². The molecule has 0 unspecified atom stereocenters. The lowest BCUT2D eigenvalue weighted by Crippen LogP contribution is -2.08. The minimum Gasteiger partial charge on any atom is -0.494 e. The molecule has 138 valence electrons. The fraction of sp³-hybridized carbons (Fsp3) is 0.261. The molecule has 0 atom stereocenters. The van der Waals surface area contributed by atoms with Gasteiger partial charge < -0.3 is 9.30 Å². The first-order chi connectivity index (χ1) is 13.3. The third-order valence-electron chi connectivity index (χ3n) is 4.77. The lowest BCUT2D eigenvalue weighted by Gasteiger charge is -2.10. The highest BCUT2D eigenvalue weighted by Crippen LogP contribution is 2.21. The van der Waals surface area contributed by atoms with E-state index in [1.165, 1.54) is 16.0 Å². The first-order valence-electron chi connectivity index (χ1n) is 9.52. The van der Waals surface area contributed by atoms with E-state index in [9.17, 15) is 0 Å². The summed E-state index contributed by atoms with van der Waals surface area (Å²) in [6.07, 6.45) is 2.89. The van der Waals surface area contributed by atoms with Crippen molar-refractivity contribution >= 4 is 22.4 Å². The second kappa shape index (κ2) is 8.40. The third kappa shape index (κ3) is 4.22. The predicted molar refractivity (Wildman–Crippen MR) is 113 cm³/mol. The number of aryl methyl sites for hydroxylation is 2. The standard InChI is InChI=1S/C23H24N2OS/c1-2-18-10-12-19(13-11-18)26-15-6-14-25-22-9-4-3-8-21(22)24-23(25)17-20-7-5-16-27-20/h3-5,7-13,16H,2,6,14-15,17H2,1H3. The van der Waals surface area contributed by atoms with E-state index in [0.29, 0.717) is 6.61 Å². The molecule has 27 heavy (non-hydrogen) atoms. The SMILES string of the molecule is CCc1ccc(OCCCn2c(Cc3cccs3)nc3ccccc32)cc1. The highest BCUT2D eigenvalue weighted by molar-refractivity contribution is 7.09. The first-order valence-corrected chi connectivity index (χ1v) is 10.4. The molecule has 2 heterocycles. The summed E-state index contributed by atoms with van der Waals surface area (Å²) in [4.78, 5) is 6.22. The lowest BCUT2D eigenvalue weighted by atomic mass is 10.2. The molecule has 2 aromatic heterocycles. The fourth-order valence-corrected chi connectivity index (χ4v) is 4.01. The van der Waals surface area contributed by atoms with Crippen LogP contribution in [0.4, 0.5) is 0 Å². The van der Waals surface area contributed by atoms with E-state index in [-0.39, 0.29) is 0 Å². The van der Waals surface area contributed by atoms with Crippen molar-refractivity contribution in [1.82, 2.24) is 9.55 Å². The van der Waals surface area contributed by atoms with E-state index in [2.05, 4.69) is 77.5 Å². The summed E-state index contributed by atoms with van der Waals surface area (Å²) in [5, 5.41) is 2.12. The molecule has 4 rings (SSSR count). The molecule has 0 saturated carbocycles. The summed E-state index contributed by atoms with van der Waals surface area (Å²) in [7, 11) is 0. The van der Waals surface area contributed by atoms with Crippen molar-refractivity contribution in [2.24, 2.45) is 0 Å². The first kappa shape index (κ1) is 17.8. The molecule has 0 aliphatic heterocycles. The van der Waals surface area contributed by atoms with Crippen molar-refractivity contribution in [1.29, 1.82) is 0 Å². The number of hydrogen-bond donors (Lipinski definition) is 0. The molecule has 0 spiro atoms. The monoisotopic (exact) mass is 376 g/mol. The van der Waals surface area contributed by atoms with Crippen molar-refractivity contribution in [3.63, 3.8) is 0 Å². The molecular weight excluding hydrogens is 352 g/mol. The van der Waals surface area contributed by atoms with Crippen LogP contribution in [0.1, 0.15) is 29.6 Å². The third-order valence-corrected chi connectivity index (χ3v) is 5.65. The molecule has 0 saturated heterocycles. The Morgan fingerprint density at radius 2 is 1.85 bits per heavy atom. The van der Waals surface area contributed by atoms with Gasteiger partial charge in [0, 0.05) is 17.8 Å². The molecule has 2 aromatic carbocycles. The average molecular weight is 377 g/mol. The molecule has 0 amide bonds. The molecular formula is C23H24N2OS. The van der Waals surface area contributed by atoms with Crippen LogP contribution in [-0.4, -0.2) is 16.2 Å². The second-order valence-corrected chi connectivity index (χ2v) is 7.66. The molecule has 0 radical (unpaired) electrons. The zero-order chi connectivity index (χ0) is 18.5. The summed E-state index contributed by atoms with van der Waals surface area (Å²) in [6.45, 7) is 3.78. The molecule has 0 aliphatic rings. The van der Waals surface area contributed by atoms with Crippen LogP contribution in [-0.2, 0) is 19.4 Å². The van der Waals surface area contributed by atoms with Gasteiger partial charge in [0.05, 0.1) is 17.6 Å². The molecule has 0 fully saturated rings. The number of ether oxygens (including phenoxy) is 1. The molecule has 0 bridgehead atoms. The van der Waals surface area contributed by atoms with Crippen LogP contribution in [0.3, 0.4) is 0 Å². The quantitative estimate of drug-likeness (QED) is 0.368. The predicted octanol–water partition coefficient (Wildman–Crippen LogP) is 5.72. The Morgan fingerprint density at radius 1 is 1.00 bits per heavy atom. The van der Waals surface area contributed by atoms with E-state index in [1.807, 2.05) is 0 Å². The average Bonchev–Trinajstić information content (AvgIpc) is 3.34. The van der Waals surface area contributed by atoms with Crippen molar-refractivity contribution in [2.75, 3.05) is 6.61 Å². The van der Waals surface area contributed by atoms with Gasteiger partial charge in [0.2, 0.25) is 0 Å². The van der Waals surface area contributed by atoms with Crippen molar-refractivity contribution in [3.8, 4) is 5.75 Å². The smallest absolute Gasteiger partial charge is 0.119 e. The minimum absolute atomic E-state index is 0.705. The van der Waals surface area contributed by atoms with Crippen LogP contribution in [0, 0.1) is 0 Å². The Balaban J connectivity index is 1.44. The number of benzene rings is 2. The van der Waals surface area contributed by atoms with Crippen LogP contribution in [0.15, 0.2) is 66.0 Å². The molecule has 0 N–H and O–H groups in total. The van der Waals surface area contributed by atoms with Crippen LogP contribution in [0.25, 0.3) is 11.0 Å². The van der Waals surface area contributed by atoms with Crippen LogP contribution < -0.4 is 4.74 Å². The molecule has 4 heteroatoms. The Labute approximate surface area is 164 Å². The summed E-state index contributed by atoms with van der Waals surface area (Å²) in [5.74, 6) is 2.08. The second-order valence-electron chi connectivity index (χ2n) is 6.62. The zero-order valence-electron chi connectivity index (χ0n) is 15.6. The largest absolute Gasteiger partial charge is 0.494 e. The van der Waals surface area contributed by atoms with Crippen molar-refractivity contribution in [3.05, 3.63) is 82.3 Å². The van der Waals surface area contributed by atoms with E-state index in [0.717, 1.165) is 42.9 Å². The van der Waals surface area contributed by atoms with Crippen molar-refractivity contribution in [2.45, 2.75) is 32.7 Å². The van der Waals surface area contributed by atoms with Gasteiger partial charge in [-0.1, -0.05) is 37.3 Å². The van der Waals surface area contributed by atoms with Gasteiger partial charge in [-0.15, -0.1) is 11.3 Å². The summed E-state index contributed by atoms with van der Waals surface area (Å²) >= 11 is 1.79. The van der Waals surface area contributed by atoms with Gasteiger partial charge in [0.1, 0.15) is 11.6 Å². The van der Waals surface area contributed by atoms with E-state index in [4.69, 9.17) is 9.72 Å². The zero-order valence-corrected chi connectivity index (χ0v) is 16.4. The van der Waals surface area contributed by atoms with Gasteiger partial charge in [0.25, 0.3) is 0 Å². The van der Waals surface area contributed by atoms with E-state index < -0.39 is 0 Å². The Kier molecular flexibility index (Phi) is 5.54. The number of thiophene rings is 1. The number of para-hydroxylation sites is 2. The number of aromatic nitrogens is 2. The number of fused-ring (bicyclic) bond motifs is 1. The maximum absolute atomic E-state index is 5.93. The van der Waals surface area contributed by atoms with Crippen LogP contribution in [0.2, 0.25) is 0 Å². The normalized spacial score (nSPS) is 11.1. The lowest BCUT2D eigenvalue weighted by molar-refractivity contribution is 0.302. The summed E-state index contributed by atoms with van der Waals surface area (Å²) in [6, 6.07) is 21.1. The number of hydrogen-bond acceptors (Lipinski definition) is 3. The number of imidazole rings is 1. The van der Waals surface area contributed by atoms with Gasteiger partial charge in [-0.3, -0.25) is 0 Å². The topological polar surface area (TPSA) is 27.1 Å². The highest BCUT2D eigenvalue weighted by Gasteiger charge is 2.11.